The molecule has 114 valence electrons. The summed E-state index contributed by atoms with van der Waals surface area (Å²) in [5, 5.41) is 3.77. The van der Waals surface area contributed by atoms with Crippen LogP contribution in [0.1, 0.15) is 37.0 Å². The molecule has 0 saturated heterocycles. The van der Waals surface area contributed by atoms with E-state index in [2.05, 4.69) is 31.1 Å². The second-order valence-electron chi connectivity index (χ2n) is 5.92. The van der Waals surface area contributed by atoms with Crippen LogP contribution in [0.25, 0.3) is 0 Å². The molecular weight excluding hydrogens is 304 g/mol. The molecule has 21 heavy (non-hydrogen) atoms. The van der Waals surface area contributed by atoms with Crippen LogP contribution in [-0.4, -0.2) is 11.5 Å². The number of benzene rings is 1. The molecule has 0 atom stereocenters. The van der Waals surface area contributed by atoms with E-state index in [1.807, 2.05) is 18.2 Å². The molecule has 0 amide bonds. The highest BCUT2D eigenvalue weighted by atomic mass is 35.5. The third kappa shape index (κ3) is 4.19. The summed E-state index contributed by atoms with van der Waals surface area (Å²) >= 11 is 7.83. The minimum absolute atomic E-state index is 0.0650. The van der Waals surface area contributed by atoms with Crippen molar-refractivity contribution in [3.8, 4) is 5.75 Å². The highest BCUT2D eigenvalue weighted by Gasteiger charge is 2.17. The highest BCUT2D eigenvalue weighted by molar-refractivity contribution is 7.09. The van der Waals surface area contributed by atoms with Crippen LogP contribution in [0.15, 0.2) is 23.6 Å². The predicted molar refractivity (Wildman–Crippen MR) is 89.4 cm³/mol. The zero-order chi connectivity index (χ0) is 15.5. The molecule has 5 heteroatoms. The average molecular weight is 325 g/mol. The largest absolute Gasteiger partial charge is 0.486 e. The third-order valence-corrected chi connectivity index (χ3v) is 4.32. The van der Waals surface area contributed by atoms with E-state index in [9.17, 15) is 0 Å². The molecule has 3 nitrogen and oxygen atoms in total. The van der Waals surface area contributed by atoms with Crippen LogP contribution < -0.4 is 10.5 Å². The van der Waals surface area contributed by atoms with Crippen LogP contribution in [0.3, 0.4) is 0 Å². The maximum Gasteiger partial charge on any atom is 0.140 e. The molecule has 0 aliphatic rings. The van der Waals surface area contributed by atoms with Gasteiger partial charge in [0.2, 0.25) is 0 Å². The first-order valence-electron chi connectivity index (χ1n) is 6.97. The summed E-state index contributed by atoms with van der Waals surface area (Å²) in [6.07, 6.45) is 0.708. The van der Waals surface area contributed by atoms with Gasteiger partial charge in [-0.05, 0) is 25.1 Å². The summed E-state index contributed by atoms with van der Waals surface area (Å²) in [5.74, 6) is 0.792. The third-order valence-electron chi connectivity index (χ3n) is 3.14. The van der Waals surface area contributed by atoms with Crippen molar-refractivity contribution in [3.63, 3.8) is 0 Å². The number of nitrogens with two attached hydrogens (primary N) is 1. The van der Waals surface area contributed by atoms with Crippen LogP contribution in [0.5, 0.6) is 5.75 Å². The van der Waals surface area contributed by atoms with Crippen molar-refractivity contribution in [3.05, 3.63) is 44.9 Å². The Morgan fingerprint density at radius 2 is 2.10 bits per heavy atom. The zero-order valence-corrected chi connectivity index (χ0v) is 14.2. The molecule has 1 aromatic carbocycles. The number of hydrogen-bond donors (Lipinski definition) is 1. The van der Waals surface area contributed by atoms with Gasteiger partial charge in [0.25, 0.3) is 0 Å². The first-order valence-corrected chi connectivity index (χ1v) is 8.22. The van der Waals surface area contributed by atoms with Crippen molar-refractivity contribution in [2.75, 3.05) is 6.54 Å². The second-order valence-corrected chi connectivity index (χ2v) is 7.27. The van der Waals surface area contributed by atoms with E-state index in [0.29, 0.717) is 24.6 Å². The van der Waals surface area contributed by atoms with Gasteiger partial charge in [0, 0.05) is 21.4 Å². The van der Waals surface area contributed by atoms with Gasteiger partial charge in [0.15, 0.2) is 0 Å². The molecule has 2 N–H and O–H groups in total. The lowest BCUT2D eigenvalue weighted by atomic mass is 9.93. The summed E-state index contributed by atoms with van der Waals surface area (Å²) in [6, 6.07) is 5.68. The molecule has 0 spiro atoms. The van der Waals surface area contributed by atoms with Crippen LogP contribution in [0.4, 0.5) is 0 Å². The number of aromatic nitrogens is 1. The molecule has 2 rings (SSSR count). The van der Waals surface area contributed by atoms with Crippen LogP contribution in [0, 0.1) is 0 Å². The van der Waals surface area contributed by atoms with Crippen molar-refractivity contribution in [1.82, 2.24) is 4.98 Å². The maximum absolute atomic E-state index is 6.21. The van der Waals surface area contributed by atoms with Crippen molar-refractivity contribution in [1.29, 1.82) is 0 Å². The van der Waals surface area contributed by atoms with E-state index in [-0.39, 0.29) is 5.41 Å². The van der Waals surface area contributed by atoms with Gasteiger partial charge in [-0.3, -0.25) is 0 Å². The monoisotopic (exact) mass is 324 g/mol. The number of rotatable bonds is 5. The molecule has 0 bridgehead atoms. The maximum atomic E-state index is 6.21. The molecule has 0 unspecified atom stereocenters. The molecule has 1 aromatic heterocycles. The average Bonchev–Trinajstić information content (AvgIpc) is 2.88. The Kier molecular flexibility index (Phi) is 5.25. The normalized spacial score (nSPS) is 11.7. The van der Waals surface area contributed by atoms with E-state index < -0.39 is 0 Å². The van der Waals surface area contributed by atoms with Crippen molar-refractivity contribution < 1.29 is 4.74 Å². The molecule has 0 radical (unpaired) electrons. The van der Waals surface area contributed by atoms with Gasteiger partial charge < -0.3 is 10.5 Å². The molecule has 1 heterocycles. The van der Waals surface area contributed by atoms with E-state index in [1.54, 1.807) is 11.3 Å². The lowest BCUT2D eigenvalue weighted by Crippen LogP contribution is -2.11. The molecular formula is C16H21ClN2OS. The molecule has 0 aliphatic carbocycles. The first kappa shape index (κ1) is 16.3. The first-order chi connectivity index (χ1) is 9.91. The van der Waals surface area contributed by atoms with Gasteiger partial charge in [-0.15, -0.1) is 11.3 Å². The van der Waals surface area contributed by atoms with Gasteiger partial charge in [0.1, 0.15) is 17.4 Å². The van der Waals surface area contributed by atoms with Gasteiger partial charge in [0.05, 0.1) is 5.69 Å². The number of nitrogens with zero attached hydrogens (tertiary/aromatic N) is 1. The van der Waals surface area contributed by atoms with Gasteiger partial charge in [-0.25, -0.2) is 4.98 Å². The van der Waals surface area contributed by atoms with E-state index >= 15 is 0 Å². The SMILES string of the molecule is CC(C)(C)c1csc(COc2cccc(Cl)c2CCN)n1. The summed E-state index contributed by atoms with van der Waals surface area (Å²) < 4.78 is 5.89. The standard InChI is InChI=1S/C16H21ClN2OS/c1-16(2,3)14-10-21-15(19-14)9-20-13-6-4-5-12(17)11(13)7-8-18/h4-6,10H,7-9,18H2,1-3H3. The minimum atomic E-state index is 0.0650. The smallest absolute Gasteiger partial charge is 0.140 e. The Hall–Kier alpha value is -1.10. The van der Waals surface area contributed by atoms with Crippen LogP contribution in [0.2, 0.25) is 5.02 Å². The summed E-state index contributed by atoms with van der Waals surface area (Å²) in [4.78, 5) is 4.63. The molecule has 0 saturated carbocycles. The Morgan fingerprint density at radius 1 is 1.33 bits per heavy atom. The Bertz CT molecular complexity index is 605. The number of ether oxygens (including phenoxy) is 1. The molecule has 2 aromatic rings. The second kappa shape index (κ2) is 6.77. The van der Waals surface area contributed by atoms with Gasteiger partial charge in [-0.1, -0.05) is 38.4 Å². The van der Waals surface area contributed by atoms with Crippen molar-refractivity contribution in [2.24, 2.45) is 5.73 Å². The quantitative estimate of drug-likeness (QED) is 0.897. The van der Waals surface area contributed by atoms with E-state index in [4.69, 9.17) is 22.1 Å². The fourth-order valence-corrected chi connectivity index (χ4v) is 3.11. The highest BCUT2D eigenvalue weighted by Crippen LogP contribution is 2.28. The van der Waals surface area contributed by atoms with E-state index in [1.165, 1.54) is 0 Å². The number of thiazole rings is 1. The molecule has 0 fully saturated rings. The topological polar surface area (TPSA) is 48.1 Å². The summed E-state index contributed by atoms with van der Waals surface area (Å²) in [6.45, 7) is 7.47. The fourth-order valence-electron chi connectivity index (χ4n) is 1.92. The van der Waals surface area contributed by atoms with Gasteiger partial charge in [-0.2, -0.15) is 0 Å². The summed E-state index contributed by atoms with van der Waals surface area (Å²) in [5.41, 5.74) is 7.76. The summed E-state index contributed by atoms with van der Waals surface area (Å²) in [7, 11) is 0. The fraction of sp³-hybridized carbons (Fsp3) is 0.438. The van der Waals surface area contributed by atoms with E-state index in [0.717, 1.165) is 22.0 Å². The number of halogens is 1. The lowest BCUT2D eigenvalue weighted by Gasteiger charge is -2.14. The van der Waals surface area contributed by atoms with Crippen LogP contribution >= 0.6 is 22.9 Å². The Labute approximate surface area is 135 Å². The number of hydrogen-bond acceptors (Lipinski definition) is 4. The lowest BCUT2D eigenvalue weighted by molar-refractivity contribution is 0.301. The van der Waals surface area contributed by atoms with Crippen molar-refractivity contribution >= 4 is 22.9 Å². The zero-order valence-electron chi connectivity index (χ0n) is 12.6. The Morgan fingerprint density at radius 3 is 2.71 bits per heavy atom. The predicted octanol–water partition coefficient (Wildman–Crippen LogP) is 4.17. The molecule has 0 aliphatic heterocycles. The van der Waals surface area contributed by atoms with Crippen LogP contribution in [-0.2, 0) is 18.4 Å². The minimum Gasteiger partial charge on any atom is -0.486 e. The van der Waals surface area contributed by atoms with Gasteiger partial charge >= 0.3 is 0 Å². The van der Waals surface area contributed by atoms with Crippen molar-refractivity contribution in [2.45, 2.75) is 39.2 Å². The Balaban J connectivity index is 2.10.